The average molecular weight is 412 g/mol. The Morgan fingerprint density at radius 2 is 1.83 bits per heavy atom. The van der Waals surface area contributed by atoms with Crippen molar-refractivity contribution in [3.8, 4) is 11.5 Å². The van der Waals surface area contributed by atoms with E-state index in [-0.39, 0.29) is 12.0 Å². The van der Waals surface area contributed by atoms with Crippen LogP contribution in [0.4, 0.5) is 5.69 Å². The second-order valence-electron chi connectivity index (χ2n) is 7.68. The summed E-state index contributed by atoms with van der Waals surface area (Å²) in [5, 5.41) is 2.95. The topological polar surface area (TPSA) is 56.8 Å². The van der Waals surface area contributed by atoms with Crippen molar-refractivity contribution in [3.63, 3.8) is 0 Å². The smallest absolute Gasteiger partial charge is 0.255 e. The fourth-order valence-corrected chi connectivity index (χ4v) is 3.45. The molecule has 2 aromatic rings. The van der Waals surface area contributed by atoms with E-state index in [4.69, 9.17) is 14.2 Å². The van der Waals surface area contributed by atoms with Crippen LogP contribution in [0.2, 0.25) is 0 Å². The first-order valence-electron chi connectivity index (χ1n) is 11.1. The maximum atomic E-state index is 12.7. The van der Waals surface area contributed by atoms with Crippen LogP contribution in [0.5, 0.6) is 11.5 Å². The molecule has 162 valence electrons. The third kappa shape index (κ3) is 7.06. The number of hydrogen-bond donors (Lipinski definition) is 1. The van der Waals surface area contributed by atoms with Gasteiger partial charge in [0.2, 0.25) is 0 Å². The summed E-state index contributed by atoms with van der Waals surface area (Å²) in [6, 6.07) is 14.8. The number of unbranched alkanes of at least 4 members (excludes halogenated alkanes) is 4. The van der Waals surface area contributed by atoms with Gasteiger partial charge in [-0.1, -0.05) is 44.7 Å². The van der Waals surface area contributed by atoms with Crippen molar-refractivity contribution in [3.05, 3.63) is 54.1 Å². The lowest BCUT2D eigenvalue weighted by Gasteiger charge is -2.15. The van der Waals surface area contributed by atoms with Crippen LogP contribution < -0.4 is 14.8 Å². The summed E-state index contributed by atoms with van der Waals surface area (Å²) in [4.78, 5) is 12.7. The number of carbonyl (C=O) groups excluding carboxylic acids is 1. The minimum Gasteiger partial charge on any atom is -0.494 e. The zero-order valence-corrected chi connectivity index (χ0v) is 17.9. The normalized spacial score (nSPS) is 15.7. The van der Waals surface area contributed by atoms with Crippen molar-refractivity contribution in [2.24, 2.45) is 0 Å². The van der Waals surface area contributed by atoms with E-state index in [0.717, 1.165) is 31.6 Å². The first-order valence-corrected chi connectivity index (χ1v) is 11.1. The minimum atomic E-state index is -0.172. The first-order chi connectivity index (χ1) is 14.8. The lowest BCUT2D eigenvalue weighted by molar-refractivity contribution is 0.0682. The zero-order valence-electron chi connectivity index (χ0n) is 17.9. The number of ether oxygens (including phenoxy) is 3. The van der Waals surface area contributed by atoms with E-state index in [1.807, 2.05) is 36.4 Å². The number of rotatable bonds is 12. The quantitative estimate of drug-likeness (QED) is 0.445. The van der Waals surface area contributed by atoms with Crippen LogP contribution in [0.15, 0.2) is 48.5 Å². The SMILES string of the molecule is CCCCCCCOc1ccc(C(=O)Nc2ccccc2OCC2CCCO2)cc1. The van der Waals surface area contributed by atoms with Gasteiger partial charge in [0.15, 0.2) is 0 Å². The molecule has 3 rings (SSSR count). The highest BCUT2D eigenvalue weighted by atomic mass is 16.5. The minimum absolute atomic E-state index is 0.132. The van der Waals surface area contributed by atoms with E-state index in [1.54, 1.807) is 12.1 Å². The largest absolute Gasteiger partial charge is 0.494 e. The Morgan fingerprint density at radius 1 is 1.03 bits per heavy atom. The van der Waals surface area contributed by atoms with Gasteiger partial charge in [-0.2, -0.15) is 0 Å². The zero-order chi connectivity index (χ0) is 21.0. The van der Waals surface area contributed by atoms with E-state index in [9.17, 15) is 4.79 Å². The molecule has 0 spiro atoms. The van der Waals surface area contributed by atoms with Crippen LogP contribution in [-0.2, 0) is 4.74 Å². The maximum absolute atomic E-state index is 12.7. The van der Waals surface area contributed by atoms with Gasteiger partial charge in [-0.3, -0.25) is 4.79 Å². The number of hydrogen-bond acceptors (Lipinski definition) is 4. The molecule has 0 saturated carbocycles. The molecule has 1 N–H and O–H groups in total. The second-order valence-corrected chi connectivity index (χ2v) is 7.68. The molecule has 1 aliphatic rings. The Labute approximate surface area is 179 Å². The van der Waals surface area contributed by atoms with Gasteiger partial charge in [0.25, 0.3) is 5.91 Å². The van der Waals surface area contributed by atoms with Crippen LogP contribution >= 0.6 is 0 Å². The standard InChI is InChI=1S/C25H33NO4/c1-2-3-4-5-8-17-28-21-15-13-20(14-16-21)25(27)26-23-11-6-7-12-24(23)30-19-22-10-9-18-29-22/h6-7,11-16,22H,2-5,8-10,17-19H2,1H3,(H,26,27). The van der Waals surface area contributed by atoms with Gasteiger partial charge in [0.05, 0.1) is 18.4 Å². The van der Waals surface area contributed by atoms with Gasteiger partial charge in [0.1, 0.15) is 18.1 Å². The Kier molecular flexibility index (Phi) is 9.04. The van der Waals surface area contributed by atoms with Crippen molar-refractivity contribution >= 4 is 11.6 Å². The van der Waals surface area contributed by atoms with Gasteiger partial charge >= 0.3 is 0 Å². The number of amides is 1. The Morgan fingerprint density at radius 3 is 2.60 bits per heavy atom. The summed E-state index contributed by atoms with van der Waals surface area (Å²) in [5.74, 6) is 1.28. The summed E-state index contributed by atoms with van der Waals surface area (Å²) in [6.45, 7) is 4.22. The van der Waals surface area contributed by atoms with E-state index in [2.05, 4.69) is 12.2 Å². The molecule has 0 radical (unpaired) electrons. The molecule has 0 aliphatic carbocycles. The third-order valence-electron chi connectivity index (χ3n) is 5.22. The number of benzene rings is 2. The first kappa shape index (κ1) is 22.2. The molecule has 30 heavy (non-hydrogen) atoms. The van der Waals surface area contributed by atoms with Crippen molar-refractivity contribution in [2.75, 3.05) is 25.1 Å². The molecule has 0 aromatic heterocycles. The fourth-order valence-electron chi connectivity index (χ4n) is 3.45. The highest BCUT2D eigenvalue weighted by Crippen LogP contribution is 2.26. The van der Waals surface area contributed by atoms with Crippen LogP contribution in [0.3, 0.4) is 0 Å². The fraction of sp³-hybridized carbons (Fsp3) is 0.480. The van der Waals surface area contributed by atoms with Crippen LogP contribution in [0.25, 0.3) is 0 Å². The molecule has 1 fully saturated rings. The summed E-state index contributed by atoms with van der Waals surface area (Å²) >= 11 is 0. The van der Waals surface area contributed by atoms with Crippen molar-refractivity contribution in [2.45, 2.75) is 58.0 Å². The van der Waals surface area contributed by atoms with Crippen LogP contribution in [-0.4, -0.2) is 31.8 Å². The summed E-state index contributed by atoms with van der Waals surface area (Å²) < 4.78 is 17.3. The average Bonchev–Trinajstić information content (AvgIpc) is 3.30. The summed E-state index contributed by atoms with van der Waals surface area (Å²) in [7, 11) is 0. The molecule has 0 bridgehead atoms. The van der Waals surface area contributed by atoms with Gasteiger partial charge in [-0.05, 0) is 55.7 Å². The van der Waals surface area contributed by atoms with E-state index >= 15 is 0 Å². The lowest BCUT2D eigenvalue weighted by atomic mass is 10.1. The predicted molar refractivity (Wildman–Crippen MR) is 120 cm³/mol. The highest BCUT2D eigenvalue weighted by molar-refractivity contribution is 6.05. The Bertz CT molecular complexity index is 769. The molecular weight excluding hydrogens is 378 g/mol. The lowest BCUT2D eigenvalue weighted by Crippen LogP contribution is -2.18. The molecule has 2 aromatic carbocycles. The summed E-state index contributed by atoms with van der Waals surface area (Å²) in [5.41, 5.74) is 1.24. The third-order valence-corrected chi connectivity index (χ3v) is 5.22. The molecule has 1 aliphatic heterocycles. The van der Waals surface area contributed by atoms with Crippen molar-refractivity contribution < 1.29 is 19.0 Å². The Balaban J connectivity index is 1.48. The molecule has 5 nitrogen and oxygen atoms in total. The predicted octanol–water partition coefficient (Wildman–Crippen LogP) is 5.85. The van der Waals surface area contributed by atoms with E-state index in [0.29, 0.717) is 30.2 Å². The second kappa shape index (κ2) is 12.2. The van der Waals surface area contributed by atoms with Crippen molar-refractivity contribution in [1.82, 2.24) is 0 Å². The van der Waals surface area contributed by atoms with Crippen molar-refractivity contribution in [1.29, 1.82) is 0 Å². The monoisotopic (exact) mass is 411 g/mol. The molecule has 1 heterocycles. The number of carbonyl (C=O) groups is 1. The molecule has 1 unspecified atom stereocenters. The number of para-hydroxylation sites is 2. The van der Waals surface area contributed by atoms with Gasteiger partial charge in [0, 0.05) is 12.2 Å². The van der Waals surface area contributed by atoms with E-state index in [1.165, 1.54) is 25.7 Å². The number of anilines is 1. The number of nitrogens with one attached hydrogen (secondary N) is 1. The molecule has 5 heteroatoms. The Hall–Kier alpha value is -2.53. The van der Waals surface area contributed by atoms with E-state index < -0.39 is 0 Å². The highest BCUT2D eigenvalue weighted by Gasteiger charge is 2.17. The molecule has 1 atom stereocenters. The van der Waals surface area contributed by atoms with Gasteiger partial charge in [-0.15, -0.1) is 0 Å². The molecule has 1 saturated heterocycles. The molecule has 1 amide bonds. The van der Waals surface area contributed by atoms with Gasteiger partial charge < -0.3 is 19.5 Å². The summed E-state index contributed by atoms with van der Waals surface area (Å²) in [6.07, 6.45) is 8.27. The molecular formula is C25H33NO4. The van der Waals surface area contributed by atoms with Crippen LogP contribution in [0, 0.1) is 0 Å². The maximum Gasteiger partial charge on any atom is 0.255 e. The van der Waals surface area contributed by atoms with Crippen LogP contribution in [0.1, 0.15) is 62.2 Å². The van der Waals surface area contributed by atoms with Gasteiger partial charge in [-0.25, -0.2) is 0 Å².